The Morgan fingerprint density at radius 2 is 1.77 bits per heavy atom. The largest absolute Gasteiger partial charge is 0.497 e. The minimum Gasteiger partial charge on any atom is -0.497 e. The zero-order chi connectivity index (χ0) is 20.3. The number of methoxy groups -OCH3 is 1. The Bertz CT molecular complexity index is 893. The third kappa shape index (κ3) is 7.37. The monoisotopic (exact) mass is 519 g/mol. The second kappa shape index (κ2) is 12.9. The predicted molar refractivity (Wildman–Crippen MR) is 133 cm³/mol. The van der Waals surface area contributed by atoms with Crippen LogP contribution < -0.4 is 15.4 Å². The van der Waals surface area contributed by atoms with E-state index in [1.165, 1.54) is 11.1 Å². The molecule has 0 saturated heterocycles. The van der Waals surface area contributed by atoms with Crippen LogP contribution in [0.3, 0.4) is 0 Å². The molecule has 2 aromatic carbocycles. The lowest BCUT2D eigenvalue weighted by molar-refractivity contribution is 0.414. The van der Waals surface area contributed by atoms with Gasteiger partial charge in [-0.3, -0.25) is 4.99 Å². The third-order valence-corrected chi connectivity index (χ3v) is 4.54. The molecule has 0 atom stereocenters. The van der Waals surface area contributed by atoms with Gasteiger partial charge in [-0.05, 0) is 55.2 Å². The number of benzene rings is 2. The number of aromatic nitrogens is 2. The molecule has 1 heterocycles. The van der Waals surface area contributed by atoms with Crippen molar-refractivity contribution in [2.24, 2.45) is 4.99 Å². The molecule has 0 amide bonds. The number of aliphatic imine (C=N–C) groups is 1. The molecule has 0 spiro atoms. The van der Waals surface area contributed by atoms with Crippen LogP contribution in [0.2, 0.25) is 0 Å². The molecule has 0 aliphatic heterocycles. The van der Waals surface area contributed by atoms with E-state index in [1.54, 1.807) is 7.11 Å². The first kappa shape index (κ1) is 23.7. The van der Waals surface area contributed by atoms with Gasteiger partial charge in [0.2, 0.25) is 0 Å². The summed E-state index contributed by atoms with van der Waals surface area (Å²) in [6, 6.07) is 18.3. The molecule has 0 aliphatic rings. The first-order valence-electron chi connectivity index (χ1n) is 10.0. The molecule has 30 heavy (non-hydrogen) atoms. The maximum Gasteiger partial charge on any atom is 0.191 e. The maximum absolute atomic E-state index is 5.20. The van der Waals surface area contributed by atoms with E-state index in [4.69, 9.17) is 4.74 Å². The summed E-state index contributed by atoms with van der Waals surface area (Å²) in [6.45, 7) is 4.44. The number of guanidine groups is 1. The highest BCUT2D eigenvalue weighted by Gasteiger charge is 2.02. The fourth-order valence-electron chi connectivity index (χ4n) is 2.97. The van der Waals surface area contributed by atoms with Gasteiger partial charge in [-0.2, -0.15) is 5.10 Å². The zero-order valence-electron chi connectivity index (χ0n) is 17.5. The molecule has 6 nitrogen and oxygen atoms in total. The lowest BCUT2D eigenvalue weighted by Gasteiger charge is -2.11. The number of hydrogen-bond acceptors (Lipinski definition) is 3. The molecule has 3 aromatic rings. The Morgan fingerprint density at radius 1 is 1.00 bits per heavy atom. The van der Waals surface area contributed by atoms with E-state index in [0.29, 0.717) is 0 Å². The maximum atomic E-state index is 5.20. The Labute approximate surface area is 195 Å². The topological polar surface area (TPSA) is 63.5 Å². The van der Waals surface area contributed by atoms with Crippen LogP contribution in [0.4, 0.5) is 0 Å². The Hall–Kier alpha value is -2.55. The summed E-state index contributed by atoms with van der Waals surface area (Å²) in [6.07, 6.45) is 5.77. The molecule has 0 radical (unpaired) electrons. The first-order chi connectivity index (χ1) is 14.3. The lowest BCUT2D eigenvalue weighted by Crippen LogP contribution is -2.38. The minimum absolute atomic E-state index is 0. The fourth-order valence-corrected chi connectivity index (χ4v) is 2.97. The van der Waals surface area contributed by atoms with E-state index in [2.05, 4.69) is 46.0 Å². The van der Waals surface area contributed by atoms with Crippen molar-refractivity contribution in [3.8, 4) is 11.4 Å². The highest BCUT2D eigenvalue weighted by atomic mass is 127. The Kier molecular flexibility index (Phi) is 10.2. The summed E-state index contributed by atoms with van der Waals surface area (Å²) in [4.78, 5) is 4.68. The summed E-state index contributed by atoms with van der Waals surface area (Å²) in [7, 11) is 1.68. The van der Waals surface area contributed by atoms with E-state index < -0.39 is 0 Å². The van der Waals surface area contributed by atoms with Gasteiger partial charge in [-0.25, -0.2) is 4.68 Å². The summed E-state index contributed by atoms with van der Waals surface area (Å²) in [5, 5.41) is 11.2. The highest BCUT2D eigenvalue weighted by molar-refractivity contribution is 14.0. The SMILES string of the molecule is CCNC(=NCCc1ccc(OC)cc1)NCCc1cnn(-c2ccccc2)c1.I. The van der Waals surface area contributed by atoms with Crippen molar-refractivity contribution in [2.45, 2.75) is 19.8 Å². The van der Waals surface area contributed by atoms with E-state index in [0.717, 1.165) is 49.9 Å². The molecular weight excluding hydrogens is 489 g/mol. The van der Waals surface area contributed by atoms with Crippen molar-refractivity contribution in [1.82, 2.24) is 20.4 Å². The van der Waals surface area contributed by atoms with Gasteiger partial charge in [0.05, 0.1) is 19.0 Å². The van der Waals surface area contributed by atoms with Crippen molar-refractivity contribution >= 4 is 29.9 Å². The van der Waals surface area contributed by atoms with E-state index in [9.17, 15) is 0 Å². The highest BCUT2D eigenvalue weighted by Crippen LogP contribution is 2.11. The number of nitrogens with one attached hydrogen (secondary N) is 2. The number of rotatable bonds is 9. The van der Waals surface area contributed by atoms with E-state index in [1.807, 2.05) is 53.3 Å². The smallest absolute Gasteiger partial charge is 0.191 e. The van der Waals surface area contributed by atoms with Crippen LogP contribution >= 0.6 is 24.0 Å². The van der Waals surface area contributed by atoms with Gasteiger partial charge in [-0.1, -0.05) is 30.3 Å². The Balaban J connectivity index is 0.00000320. The molecule has 0 bridgehead atoms. The molecule has 7 heteroatoms. The molecular formula is C23H30IN5O. The number of nitrogens with zero attached hydrogens (tertiary/aromatic N) is 3. The molecule has 0 fully saturated rings. The van der Waals surface area contributed by atoms with Crippen molar-refractivity contribution in [1.29, 1.82) is 0 Å². The van der Waals surface area contributed by atoms with Crippen LogP contribution in [0.5, 0.6) is 5.75 Å². The van der Waals surface area contributed by atoms with Gasteiger partial charge < -0.3 is 15.4 Å². The van der Waals surface area contributed by atoms with Gasteiger partial charge in [0, 0.05) is 25.8 Å². The average molecular weight is 519 g/mol. The zero-order valence-corrected chi connectivity index (χ0v) is 19.9. The number of para-hydroxylation sites is 1. The summed E-state index contributed by atoms with van der Waals surface area (Å²) in [5.41, 5.74) is 3.51. The molecule has 0 saturated carbocycles. The predicted octanol–water partition coefficient (Wildman–Crippen LogP) is 3.84. The average Bonchev–Trinajstić information content (AvgIpc) is 3.24. The molecule has 3 rings (SSSR count). The molecule has 0 unspecified atom stereocenters. The van der Waals surface area contributed by atoms with Crippen molar-refractivity contribution in [3.05, 3.63) is 78.1 Å². The number of halogens is 1. The van der Waals surface area contributed by atoms with Crippen LogP contribution in [0.15, 0.2) is 72.0 Å². The number of ether oxygens (including phenoxy) is 1. The Morgan fingerprint density at radius 3 is 2.47 bits per heavy atom. The summed E-state index contributed by atoms with van der Waals surface area (Å²) < 4.78 is 7.10. The minimum atomic E-state index is 0. The lowest BCUT2D eigenvalue weighted by atomic mass is 10.1. The first-order valence-corrected chi connectivity index (χ1v) is 10.0. The summed E-state index contributed by atoms with van der Waals surface area (Å²) in [5.74, 6) is 1.72. The van der Waals surface area contributed by atoms with Gasteiger partial charge >= 0.3 is 0 Å². The molecule has 0 aliphatic carbocycles. The van der Waals surface area contributed by atoms with Gasteiger partial charge in [-0.15, -0.1) is 24.0 Å². The normalized spacial score (nSPS) is 10.9. The molecule has 1 aromatic heterocycles. The number of hydrogen-bond donors (Lipinski definition) is 2. The second-order valence-corrected chi connectivity index (χ2v) is 6.66. The second-order valence-electron chi connectivity index (χ2n) is 6.66. The van der Waals surface area contributed by atoms with E-state index >= 15 is 0 Å². The van der Waals surface area contributed by atoms with Gasteiger partial charge in [0.25, 0.3) is 0 Å². The standard InChI is InChI=1S/C23H29N5O.HI/c1-3-24-23(25-15-13-19-9-11-22(29-2)12-10-19)26-16-14-20-17-27-28(18-20)21-7-5-4-6-8-21;/h4-12,17-18H,3,13-16H2,1-2H3,(H2,24,25,26);1H. The van der Waals surface area contributed by atoms with Crippen LogP contribution in [-0.2, 0) is 12.8 Å². The van der Waals surface area contributed by atoms with E-state index in [-0.39, 0.29) is 24.0 Å². The van der Waals surface area contributed by atoms with Crippen LogP contribution in [-0.4, -0.2) is 42.5 Å². The van der Waals surface area contributed by atoms with Crippen molar-refractivity contribution < 1.29 is 4.74 Å². The molecule has 2 N–H and O–H groups in total. The van der Waals surface area contributed by atoms with Crippen molar-refractivity contribution in [3.63, 3.8) is 0 Å². The van der Waals surface area contributed by atoms with Crippen molar-refractivity contribution in [2.75, 3.05) is 26.7 Å². The van der Waals surface area contributed by atoms with Crippen LogP contribution in [0, 0.1) is 0 Å². The van der Waals surface area contributed by atoms with Crippen LogP contribution in [0.25, 0.3) is 5.69 Å². The fraction of sp³-hybridized carbons (Fsp3) is 0.304. The quantitative estimate of drug-likeness (QED) is 0.256. The van der Waals surface area contributed by atoms with Gasteiger partial charge in [0.1, 0.15) is 5.75 Å². The summed E-state index contributed by atoms with van der Waals surface area (Å²) >= 11 is 0. The third-order valence-electron chi connectivity index (χ3n) is 4.54. The van der Waals surface area contributed by atoms with Crippen LogP contribution in [0.1, 0.15) is 18.1 Å². The molecule has 160 valence electrons. The van der Waals surface area contributed by atoms with Gasteiger partial charge in [0.15, 0.2) is 5.96 Å².